The van der Waals surface area contributed by atoms with Gasteiger partial charge >= 0.3 is 0 Å². The Morgan fingerprint density at radius 3 is 2.20 bits per heavy atom. The summed E-state index contributed by atoms with van der Waals surface area (Å²) in [6, 6.07) is 4.86. The minimum absolute atomic E-state index is 0. The molecule has 3 heteroatoms. The molecule has 1 aromatic carbocycles. The molecule has 0 aliphatic rings. The molecule has 0 aromatic heterocycles. The van der Waals surface area contributed by atoms with Crippen molar-refractivity contribution in [3.63, 3.8) is 0 Å². The second kappa shape index (κ2) is 3.49. The van der Waals surface area contributed by atoms with Crippen LogP contribution in [-0.2, 0) is 17.1 Å². The molecule has 0 atom stereocenters. The van der Waals surface area contributed by atoms with Crippen LogP contribution in [0, 0.1) is 6.92 Å². The Labute approximate surface area is 70.0 Å². The van der Waals surface area contributed by atoms with E-state index in [0.29, 0.717) is 5.56 Å². The van der Waals surface area contributed by atoms with Crippen LogP contribution in [0.5, 0.6) is 11.5 Å². The molecule has 0 radical (unpaired) electrons. The van der Waals surface area contributed by atoms with Gasteiger partial charge in [-0.15, -0.1) is 0 Å². The quantitative estimate of drug-likeness (QED) is 0.468. The maximum atomic E-state index is 8.96. The minimum atomic E-state index is -0.0602. The van der Waals surface area contributed by atoms with Gasteiger partial charge in [0, 0.05) is 17.1 Å². The number of benzene rings is 1. The second-order valence-electron chi connectivity index (χ2n) is 1.94. The van der Waals surface area contributed by atoms with Gasteiger partial charge < -0.3 is 10.2 Å². The van der Waals surface area contributed by atoms with Crippen molar-refractivity contribution >= 4 is 0 Å². The third kappa shape index (κ3) is 1.66. The maximum Gasteiger partial charge on any atom is 0.160 e. The molecule has 10 heavy (non-hydrogen) atoms. The first kappa shape index (κ1) is 9.34. The van der Waals surface area contributed by atoms with Crippen molar-refractivity contribution in [3.05, 3.63) is 23.8 Å². The fourth-order valence-electron chi connectivity index (χ4n) is 0.643. The van der Waals surface area contributed by atoms with Crippen molar-refractivity contribution in [3.8, 4) is 11.5 Å². The largest absolute Gasteiger partial charge is 0.504 e. The Morgan fingerprint density at radius 1 is 1.20 bits per heavy atom. The van der Waals surface area contributed by atoms with E-state index in [0.717, 1.165) is 0 Å². The molecule has 1 rings (SSSR count). The monoisotopic (exact) mass is 180 g/mol. The Kier molecular flexibility index (Phi) is 3.26. The Balaban J connectivity index is 0.000000810. The van der Waals surface area contributed by atoms with E-state index < -0.39 is 0 Å². The molecular weight excluding hydrogens is 172 g/mol. The predicted octanol–water partition coefficient (Wildman–Crippen LogP) is 1.40. The number of phenolic OH excluding ortho intramolecular Hbond substituents is 2. The molecule has 0 saturated heterocycles. The average Bonchev–Trinajstić information content (AvgIpc) is 1.83. The van der Waals surface area contributed by atoms with E-state index in [9.17, 15) is 0 Å². The minimum Gasteiger partial charge on any atom is -0.504 e. The fourth-order valence-corrected chi connectivity index (χ4v) is 0.643. The van der Waals surface area contributed by atoms with Gasteiger partial charge in [-0.3, -0.25) is 0 Å². The number of aromatic hydroxyl groups is 2. The van der Waals surface area contributed by atoms with Crippen molar-refractivity contribution < 1.29 is 27.3 Å². The van der Waals surface area contributed by atoms with Gasteiger partial charge in [0.1, 0.15) is 0 Å². The number of hydrogen-bond acceptors (Lipinski definition) is 2. The zero-order valence-corrected chi connectivity index (χ0v) is 6.58. The summed E-state index contributed by atoms with van der Waals surface area (Å²) in [5.41, 5.74) is 0.690. The fraction of sp³-hybridized carbons (Fsp3) is 0.143. The number of rotatable bonds is 0. The molecule has 56 valence electrons. The van der Waals surface area contributed by atoms with Crippen LogP contribution in [0.4, 0.5) is 0 Å². The Hall–Kier alpha value is -0.661. The van der Waals surface area contributed by atoms with Crippen molar-refractivity contribution in [2.45, 2.75) is 6.92 Å². The molecule has 0 aliphatic heterocycles. The third-order valence-corrected chi connectivity index (χ3v) is 1.22. The number of phenols is 2. The van der Waals surface area contributed by atoms with Crippen molar-refractivity contribution in [2.24, 2.45) is 0 Å². The van der Waals surface area contributed by atoms with Gasteiger partial charge in [-0.1, -0.05) is 12.1 Å². The van der Waals surface area contributed by atoms with Crippen LogP contribution in [0.3, 0.4) is 0 Å². The predicted molar refractivity (Wildman–Crippen MR) is 34.5 cm³/mol. The van der Waals surface area contributed by atoms with E-state index in [1.807, 2.05) is 0 Å². The molecule has 0 saturated carbocycles. The van der Waals surface area contributed by atoms with Crippen LogP contribution in [0.2, 0.25) is 0 Å². The van der Waals surface area contributed by atoms with E-state index in [2.05, 4.69) is 0 Å². The van der Waals surface area contributed by atoms with Crippen LogP contribution in [0.1, 0.15) is 5.56 Å². The second-order valence-corrected chi connectivity index (χ2v) is 1.94. The maximum absolute atomic E-state index is 8.96. The topological polar surface area (TPSA) is 40.5 Å². The van der Waals surface area contributed by atoms with Gasteiger partial charge in [0.25, 0.3) is 0 Å². The number of hydrogen-bond donors (Lipinski definition) is 2. The Morgan fingerprint density at radius 2 is 1.80 bits per heavy atom. The molecule has 1 aromatic rings. The zero-order valence-electron chi connectivity index (χ0n) is 5.48. The van der Waals surface area contributed by atoms with E-state index in [1.54, 1.807) is 19.1 Å². The van der Waals surface area contributed by atoms with Gasteiger partial charge in [-0.25, -0.2) is 0 Å². The molecule has 0 bridgehead atoms. The summed E-state index contributed by atoms with van der Waals surface area (Å²) in [5.74, 6) is -0.0903. The van der Waals surface area contributed by atoms with Gasteiger partial charge in [0.15, 0.2) is 11.5 Å². The standard InChI is InChI=1S/C7H8O2.Fe/c1-5-3-2-4-6(8)7(5)9;/h2-4,8-9H,1H3;. The molecule has 2 nitrogen and oxygen atoms in total. The summed E-state index contributed by atoms with van der Waals surface area (Å²) >= 11 is 0. The summed E-state index contributed by atoms with van der Waals surface area (Å²) in [7, 11) is 0. The number of para-hydroxylation sites is 1. The Bertz CT molecular complexity index is 203. The van der Waals surface area contributed by atoms with Crippen LogP contribution in [-0.4, -0.2) is 10.2 Å². The van der Waals surface area contributed by atoms with Crippen LogP contribution in [0.25, 0.3) is 0 Å². The molecule has 0 amide bonds. The van der Waals surface area contributed by atoms with Crippen molar-refractivity contribution in [2.75, 3.05) is 0 Å². The molecular formula is C7H8FeO2. The molecule has 2 N–H and O–H groups in total. The van der Waals surface area contributed by atoms with E-state index in [-0.39, 0.29) is 28.6 Å². The van der Waals surface area contributed by atoms with E-state index >= 15 is 0 Å². The molecule has 0 spiro atoms. The van der Waals surface area contributed by atoms with Gasteiger partial charge in [0.2, 0.25) is 0 Å². The first-order chi connectivity index (χ1) is 4.22. The number of aryl methyl sites for hydroxylation is 1. The van der Waals surface area contributed by atoms with Crippen LogP contribution in [0.15, 0.2) is 18.2 Å². The summed E-state index contributed by atoms with van der Waals surface area (Å²) in [5, 5.41) is 17.8. The first-order valence-electron chi connectivity index (χ1n) is 2.69. The van der Waals surface area contributed by atoms with Gasteiger partial charge in [-0.2, -0.15) is 0 Å². The molecule has 0 fully saturated rings. The first-order valence-corrected chi connectivity index (χ1v) is 2.69. The molecule has 0 heterocycles. The van der Waals surface area contributed by atoms with E-state index in [4.69, 9.17) is 10.2 Å². The summed E-state index contributed by atoms with van der Waals surface area (Å²) in [4.78, 5) is 0. The summed E-state index contributed by atoms with van der Waals surface area (Å²) < 4.78 is 0. The van der Waals surface area contributed by atoms with Crippen molar-refractivity contribution in [1.29, 1.82) is 0 Å². The van der Waals surface area contributed by atoms with E-state index in [1.165, 1.54) is 6.07 Å². The van der Waals surface area contributed by atoms with Crippen LogP contribution < -0.4 is 0 Å². The molecule has 0 aliphatic carbocycles. The van der Waals surface area contributed by atoms with Gasteiger partial charge in [0.05, 0.1) is 0 Å². The smallest absolute Gasteiger partial charge is 0.160 e. The SMILES string of the molecule is Cc1cccc(O)c1O.[Fe]. The average molecular weight is 180 g/mol. The summed E-state index contributed by atoms with van der Waals surface area (Å²) in [6.07, 6.45) is 0. The third-order valence-electron chi connectivity index (χ3n) is 1.22. The molecule has 0 unspecified atom stereocenters. The normalized spacial score (nSPS) is 8.50. The van der Waals surface area contributed by atoms with Crippen molar-refractivity contribution in [1.82, 2.24) is 0 Å². The van der Waals surface area contributed by atoms with Crippen LogP contribution >= 0.6 is 0 Å². The summed E-state index contributed by atoms with van der Waals surface area (Å²) in [6.45, 7) is 1.73. The van der Waals surface area contributed by atoms with Gasteiger partial charge in [-0.05, 0) is 18.6 Å². The zero-order chi connectivity index (χ0) is 6.85.